The minimum Gasteiger partial charge on any atom is -0.497 e. The number of carbonyl (C=O) groups excluding carboxylic acids is 1. The number of piperazine rings is 1. The second kappa shape index (κ2) is 11.5. The van der Waals surface area contributed by atoms with Crippen molar-refractivity contribution in [3.8, 4) is 5.75 Å². The Morgan fingerprint density at radius 3 is 2.67 bits per heavy atom. The Kier molecular flexibility index (Phi) is 8.12. The lowest BCUT2D eigenvalue weighted by molar-refractivity contribution is 0.0949. The van der Waals surface area contributed by atoms with Gasteiger partial charge in [-0.05, 0) is 49.7 Å². The third-order valence-electron chi connectivity index (χ3n) is 6.40. The van der Waals surface area contributed by atoms with Crippen LogP contribution in [0.2, 0.25) is 0 Å². The lowest BCUT2D eigenvalue weighted by Gasteiger charge is -2.34. The number of nitrogens with zero attached hydrogens (tertiary/aromatic N) is 3. The zero-order valence-corrected chi connectivity index (χ0v) is 20.9. The maximum atomic E-state index is 12.4. The molecule has 0 aliphatic carbocycles. The summed E-state index contributed by atoms with van der Waals surface area (Å²) in [5, 5.41) is 8.81. The van der Waals surface area contributed by atoms with Crippen molar-refractivity contribution in [2.24, 2.45) is 0 Å². The Morgan fingerprint density at radius 2 is 1.86 bits per heavy atom. The van der Waals surface area contributed by atoms with Gasteiger partial charge in [-0.2, -0.15) is 0 Å². The maximum absolute atomic E-state index is 12.4. The van der Waals surface area contributed by atoms with Crippen LogP contribution in [0.25, 0.3) is 21.9 Å². The molecule has 4 aromatic rings. The van der Waals surface area contributed by atoms with E-state index < -0.39 is 11.5 Å². The van der Waals surface area contributed by atoms with Gasteiger partial charge in [0.25, 0.3) is 5.91 Å². The number of carbonyl (C=O) groups is 1. The fourth-order valence-electron chi connectivity index (χ4n) is 4.42. The van der Waals surface area contributed by atoms with E-state index in [1.807, 2.05) is 30.3 Å². The predicted octanol–water partition coefficient (Wildman–Crippen LogP) is 3.70. The predicted molar refractivity (Wildman–Crippen MR) is 141 cm³/mol. The molecule has 0 radical (unpaired) electrons. The lowest BCUT2D eigenvalue weighted by Crippen LogP contribution is -2.46. The summed E-state index contributed by atoms with van der Waals surface area (Å²) in [5.74, 6) is 1.25. The Hall–Kier alpha value is -3.56. The van der Waals surface area contributed by atoms with Crippen LogP contribution in [0.15, 0.2) is 62.3 Å². The zero-order valence-electron chi connectivity index (χ0n) is 20.1. The number of anilines is 1. The molecule has 1 fully saturated rings. The first kappa shape index (κ1) is 25.5. The van der Waals surface area contributed by atoms with Crippen molar-refractivity contribution in [3.63, 3.8) is 0 Å². The second-order valence-electron chi connectivity index (χ2n) is 8.65. The van der Waals surface area contributed by atoms with Crippen LogP contribution in [-0.2, 0) is 0 Å². The van der Waals surface area contributed by atoms with E-state index in [1.165, 1.54) is 0 Å². The van der Waals surface area contributed by atoms with Crippen LogP contribution in [0.5, 0.6) is 5.75 Å². The maximum Gasteiger partial charge on any atom is 0.349 e. The van der Waals surface area contributed by atoms with Crippen molar-refractivity contribution in [2.75, 3.05) is 51.3 Å². The molecular weight excluding hydrogens is 484 g/mol. The molecule has 0 bridgehead atoms. The molecule has 10 heteroatoms. The first-order chi connectivity index (χ1) is 17.1. The number of hydrogen-bond acceptors (Lipinski definition) is 8. The average molecular weight is 513 g/mol. The fraction of sp³-hybridized carbons (Fsp3) is 0.346. The number of halogens is 1. The lowest BCUT2D eigenvalue weighted by atomic mass is 10.1. The van der Waals surface area contributed by atoms with Crippen LogP contribution in [0.1, 0.15) is 23.2 Å². The number of unbranched alkanes of at least 4 members (excludes halogenated alkanes) is 1. The largest absolute Gasteiger partial charge is 0.497 e. The van der Waals surface area contributed by atoms with Gasteiger partial charge in [0.15, 0.2) is 11.4 Å². The number of rotatable bonds is 8. The van der Waals surface area contributed by atoms with Crippen molar-refractivity contribution >= 4 is 46.1 Å². The van der Waals surface area contributed by atoms with Crippen LogP contribution in [0.4, 0.5) is 5.82 Å². The first-order valence-electron chi connectivity index (χ1n) is 11.8. The third-order valence-corrected chi connectivity index (χ3v) is 6.40. The summed E-state index contributed by atoms with van der Waals surface area (Å²) in [6.07, 6.45) is 1.79. The molecule has 5 rings (SSSR count). The van der Waals surface area contributed by atoms with Gasteiger partial charge in [0.2, 0.25) is 0 Å². The first-order valence-corrected chi connectivity index (χ1v) is 11.8. The number of benzene rings is 2. The molecule has 0 unspecified atom stereocenters. The third kappa shape index (κ3) is 5.47. The van der Waals surface area contributed by atoms with Crippen LogP contribution in [0.3, 0.4) is 0 Å². The molecule has 1 N–H and O–H groups in total. The summed E-state index contributed by atoms with van der Waals surface area (Å²) >= 11 is 0. The van der Waals surface area contributed by atoms with Crippen molar-refractivity contribution in [3.05, 3.63) is 64.5 Å². The summed E-state index contributed by atoms with van der Waals surface area (Å²) < 4.78 is 16.1. The normalized spacial score (nSPS) is 14.1. The van der Waals surface area contributed by atoms with Crippen molar-refractivity contribution in [2.45, 2.75) is 12.8 Å². The van der Waals surface area contributed by atoms with Gasteiger partial charge in [-0.1, -0.05) is 23.4 Å². The summed E-state index contributed by atoms with van der Waals surface area (Å²) in [6, 6.07) is 14.5. The number of aromatic nitrogens is 1. The fourth-order valence-corrected chi connectivity index (χ4v) is 4.42. The molecule has 1 saturated heterocycles. The monoisotopic (exact) mass is 512 g/mol. The molecule has 2 aromatic carbocycles. The van der Waals surface area contributed by atoms with Crippen LogP contribution in [-0.4, -0.2) is 62.3 Å². The Morgan fingerprint density at radius 1 is 1.06 bits per heavy atom. The molecule has 0 atom stereocenters. The smallest absolute Gasteiger partial charge is 0.349 e. The Labute approximate surface area is 214 Å². The van der Waals surface area contributed by atoms with Crippen LogP contribution in [0, 0.1) is 0 Å². The summed E-state index contributed by atoms with van der Waals surface area (Å²) in [4.78, 5) is 29.2. The zero-order chi connectivity index (χ0) is 24.2. The van der Waals surface area contributed by atoms with E-state index in [4.69, 9.17) is 13.7 Å². The molecule has 0 spiro atoms. The summed E-state index contributed by atoms with van der Waals surface area (Å²) in [6.45, 7) is 5.07. The number of nitrogens with one attached hydrogen (secondary N) is 1. The SMILES string of the molecule is COc1ccc2onc(N3CCN(CCCCNC(=O)c4cc5ccccc5oc4=O)CC3)c2c1.Cl. The van der Waals surface area contributed by atoms with E-state index >= 15 is 0 Å². The standard InChI is InChI=1S/C26H28N4O5.ClH/c1-33-19-8-9-23-20(17-19)24(28-35-23)30-14-12-29(13-15-30)11-5-4-10-27-25(31)21-16-18-6-2-3-7-22(18)34-26(21)32;/h2-3,6-9,16-17H,4-5,10-15H2,1H3,(H,27,31);1H. The van der Waals surface area contributed by atoms with Gasteiger partial charge in [0.05, 0.1) is 12.5 Å². The summed E-state index contributed by atoms with van der Waals surface area (Å²) in [5.41, 5.74) is 0.660. The summed E-state index contributed by atoms with van der Waals surface area (Å²) in [7, 11) is 1.65. The van der Waals surface area contributed by atoms with E-state index in [2.05, 4.69) is 20.3 Å². The highest BCUT2D eigenvalue weighted by atomic mass is 35.5. The van der Waals surface area contributed by atoms with Crippen LogP contribution < -0.4 is 20.6 Å². The van der Waals surface area contributed by atoms with E-state index in [0.717, 1.165) is 73.5 Å². The molecule has 1 aliphatic rings. The quantitative estimate of drug-likeness (QED) is 0.282. The average Bonchev–Trinajstić information content (AvgIpc) is 3.31. The van der Waals surface area contributed by atoms with Crippen molar-refractivity contribution in [1.82, 2.24) is 15.4 Å². The van der Waals surface area contributed by atoms with E-state index in [9.17, 15) is 9.59 Å². The van der Waals surface area contributed by atoms with Gasteiger partial charge in [-0.3, -0.25) is 9.69 Å². The van der Waals surface area contributed by atoms with Gasteiger partial charge in [0.1, 0.15) is 16.9 Å². The van der Waals surface area contributed by atoms with Crippen molar-refractivity contribution < 1.29 is 18.5 Å². The highest BCUT2D eigenvalue weighted by Gasteiger charge is 2.22. The topological polar surface area (TPSA) is 101 Å². The highest BCUT2D eigenvalue weighted by molar-refractivity contribution is 5.96. The van der Waals surface area contributed by atoms with Gasteiger partial charge >= 0.3 is 5.63 Å². The Balaban J connectivity index is 0.00000304. The number of methoxy groups -OCH3 is 1. The van der Waals surface area contributed by atoms with Crippen LogP contribution >= 0.6 is 12.4 Å². The highest BCUT2D eigenvalue weighted by Crippen LogP contribution is 2.30. The molecular formula is C26H29ClN4O5. The number of hydrogen-bond donors (Lipinski definition) is 1. The second-order valence-corrected chi connectivity index (χ2v) is 8.65. The number of ether oxygens (including phenoxy) is 1. The van der Waals surface area contributed by atoms with Gasteiger partial charge in [-0.25, -0.2) is 4.79 Å². The molecule has 36 heavy (non-hydrogen) atoms. The molecule has 0 saturated carbocycles. The van der Waals surface area contributed by atoms with E-state index in [-0.39, 0.29) is 18.0 Å². The molecule has 1 aliphatic heterocycles. The molecule has 190 valence electrons. The molecule has 3 heterocycles. The van der Waals surface area contributed by atoms with E-state index in [0.29, 0.717) is 12.1 Å². The number of fused-ring (bicyclic) bond motifs is 2. The molecule has 9 nitrogen and oxygen atoms in total. The minimum atomic E-state index is -0.614. The number of para-hydroxylation sites is 1. The Bertz CT molecular complexity index is 1390. The number of amides is 1. The van der Waals surface area contributed by atoms with Crippen molar-refractivity contribution in [1.29, 1.82) is 0 Å². The van der Waals surface area contributed by atoms with E-state index in [1.54, 1.807) is 25.3 Å². The van der Waals surface area contributed by atoms with Gasteiger partial charge in [-0.15, -0.1) is 12.4 Å². The van der Waals surface area contributed by atoms with Gasteiger partial charge < -0.3 is 23.9 Å². The molecule has 2 aromatic heterocycles. The van der Waals surface area contributed by atoms with Gasteiger partial charge in [0, 0.05) is 38.1 Å². The molecule has 1 amide bonds. The minimum absolute atomic E-state index is 0.